The van der Waals surface area contributed by atoms with Gasteiger partial charge < -0.3 is 0 Å². The highest BCUT2D eigenvalue weighted by Crippen LogP contribution is 2.25. The van der Waals surface area contributed by atoms with Crippen LogP contribution in [0.1, 0.15) is 26.6 Å². The number of rotatable bonds is 3. The van der Waals surface area contributed by atoms with Crippen LogP contribution in [-0.4, -0.2) is 25.4 Å². The van der Waals surface area contributed by atoms with Crippen LogP contribution in [0.25, 0.3) is 5.65 Å². The summed E-state index contributed by atoms with van der Waals surface area (Å²) in [5, 5.41) is 4.03. The summed E-state index contributed by atoms with van der Waals surface area (Å²) >= 11 is 3.42. The van der Waals surface area contributed by atoms with Gasteiger partial charge in [-0.3, -0.25) is 9.78 Å². The van der Waals surface area contributed by atoms with Crippen molar-refractivity contribution in [1.82, 2.24) is 19.6 Å². The molecule has 100 valence electrons. The van der Waals surface area contributed by atoms with E-state index in [2.05, 4.69) is 31.0 Å². The zero-order valence-electron chi connectivity index (χ0n) is 10.7. The summed E-state index contributed by atoms with van der Waals surface area (Å²) in [4.78, 5) is 20.4. The van der Waals surface area contributed by atoms with E-state index < -0.39 is 4.83 Å². The number of fused-ring (bicyclic) bond motifs is 1. The van der Waals surface area contributed by atoms with Crippen molar-refractivity contribution in [3.05, 3.63) is 59.8 Å². The molecule has 0 spiro atoms. The SMILES string of the molecule is Cc1cccc(C(Br)C(=O)c2ccc3ncnn3c2)n1. The standard InChI is InChI=1S/C14H11BrN4O/c1-9-3-2-4-11(18-9)13(15)14(20)10-5-6-12-16-8-17-19(12)7-10/h2-8,13H,1H3. The quantitative estimate of drug-likeness (QED) is 0.547. The highest BCUT2D eigenvalue weighted by atomic mass is 79.9. The molecule has 0 fully saturated rings. The minimum Gasteiger partial charge on any atom is -0.292 e. The molecule has 1 atom stereocenters. The molecule has 3 aromatic heterocycles. The van der Waals surface area contributed by atoms with Gasteiger partial charge >= 0.3 is 0 Å². The second-order valence-electron chi connectivity index (χ2n) is 4.41. The Balaban J connectivity index is 1.94. The van der Waals surface area contributed by atoms with Gasteiger partial charge in [0.25, 0.3) is 0 Å². The molecule has 0 amide bonds. The first-order valence-corrected chi connectivity index (χ1v) is 6.98. The molecule has 0 saturated carbocycles. The van der Waals surface area contributed by atoms with E-state index in [-0.39, 0.29) is 5.78 Å². The summed E-state index contributed by atoms with van der Waals surface area (Å²) in [6.45, 7) is 1.90. The Morgan fingerprint density at radius 1 is 1.30 bits per heavy atom. The maximum atomic E-state index is 12.5. The molecule has 0 aliphatic carbocycles. The fourth-order valence-electron chi connectivity index (χ4n) is 1.95. The van der Waals surface area contributed by atoms with Gasteiger partial charge in [-0.05, 0) is 31.2 Å². The number of ketones is 1. The molecule has 0 radical (unpaired) electrons. The van der Waals surface area contributed by atoms with Crippen LogP contribution in [0.4, 0.5) is 0 Å². The maximum Gasteiger partial charge on any atom is 0.184 e. The lowest BCUT2D eigenvalue weighted by molar-refractivity contribution is 0.0990. The molecule has 3 aromatic rings. The largest absolute Gasteiger partial charge is 0.292 e. The summed E-state index contributed by atoms with van der Waals surface area (Å²) in [6, 6.07) is 9.13. The van der Waals surface area contributed by atoms with E-state index in [1.54, 1.807) is 22.8 Å². The van der Waals surface area contributed by atoms with Crippen LogP contribution < -0.4 is 0 Å². The van der Waals surface area contributed by atoms with Crippen molar-refractivity contribution < 1.29 is 4.79 Å². The number of hydrogen-bond donors (Lipinski definition) is 0. The lowest BCUT2D eigenvalue weighted by Gasteiger charge is -2.09. The average Bonchev–Trinajstić information content (AvgIpc) is 2.93. The molecule has 3 rings (SSSR count). The van der Waals surface area contributed by atoms with Crippen molar-refractivity contribution in [1.29, 1.82) is 0 Å². The van der Waals surface area contributed by atoms with Crippen LogP contribution in [0.5, 0.6) is 0 Å². The van der Waals surface area contributed by atoms with Gasteiger partial charge in [0.2, 0.25) is 0 Å². The second-order valence-corrected chi connectivity index (χ2v) is 5.33. The van der Waals surface area contributed by atoms with Crippen LogP contribution in [0.2, 0.25) is 0 Å². The lowest BCUT2D eigenvalue weighted by atomic mass is 10.1. The van der Waals surface area contributed by atoms with Crippen molar-refractivity contribution in [3.63, 3.8) is 0 Å². The predicted molar refractivity (Wildman–Crippen MR) is 78.0 cm³/mol. The number of alkyl halides is 1. The van der Waals surface area contributed by atoms with Crippen molar-refractivity contribution in [2.45, 2.75) is 11.8 Å². The summed E-state index contributed by atoms with van der Waals surface area (Å²) < 4.78 is 1.58. The van der Waals surface area contributed by atoms with Crippen molar-refractivity contribution in [2.75, 3.05) is 0 Å². The maximum absolute atomic E-state index is 12.5. The van der Waals surface area contributed by atoms with Crippen molar-refractivity contribution in [2.24, 2.45) is 0 Å². The number of hydrogen-bond acceptors (Lipinski definition) is 4. The van der Waals surface area contributed by atoms with Gasteiger partial charge in [0.15, 0.2) is 11.4 Å². The molecule has 6 heteroatoms. The van der Waals surface area contributed by atoms with Crippen LogP contribution in [-0.2, 0) is 0 Å². The minimum absolute atomic E-state index is 0.0551. The number of carbonyl (C=O) groups is 1. The Morgan fingerprint density at radius 2 is 2.15 bits per heavy atom. The van der Waals surface area contributed by atoms with E-state index >= 15 is 0 Å². The first-order chi connectivity index (χ1) is 9.65. The average molecular weight is 331 g/mol. The molecular formula is C14H11BrN4O. The number of Topliss-reactive ketones (excluding diaryl/α,β-unsaturated/α-hetero) is 1. The third-order valence-corrected chi connectivity index (χ3v) is 3.84. The highest BCUT2D eigenvalue weighted by Gasteiger charge is 2.20. The van der Waals surface area contributed by atoms with Crippen LogP contribution in [0, 0.1) is 6.92 Å². The molecule has 20 heavy (non-hydrogen) atoms. The highest BCUT2D eigenvalue weighted by molar-refractivity contribution is 9.09. The molecule has 0 aliphatic heterocycles. The topological polar surface area (TPSA) is 60.2 Å². The van der Waals surface area contributed by atoms with Gasteiger partial charge in [0.1, 0.15) is 11.2 Å². The third-order valence-electron chi connectivity index (χ3n) is 2.96. The summed E-state index contributed by atoms with van der Waals surface area (Å²) in [6.07, 6.45) is 3.13. The Labute approximate surface area is 123 Å². The molecule has 0 N–H and O–H groups in total. The van der Waals surface area contributed by atoms with Gasteiger partial charge in [0, 0.05) is 17.5 Å². The van der Waals surface area contributed by atoms with Gasteiger partial charge in [0.05, 0.1) is 5.69 Å². The second kappa shape index (κ2) is 5.13. The molecule has 0 aromatic carbocycles. The third kappa shape index (κ3) is 2.34. The number of aryl methyl sites for hydroxylation is 1. The Kier molecular flexibility index (Phi) is 3.31. The number of pyridine rings is 2. The summed E-state index contributed by atoms with van der Waals surface area (Å²) in [7, 11) is 0. The van der Waals surface area contributed by atoms with E-state index in [9.17, 15) is 4.79 Å². The van der Waals surface area contributed by atoms with Gasteiger partial charge in [-0.1, -0.05) is 22.0 Å². The minimum atomic E-state index is -0.469. The Morgan fingerprint density at radius 3 is 2.95 bits per heavy atom. The Bertz CT molecular complexity index is 783. The van der Waals surface area contributed by atoms with Crippen LogP contribution in [0.3, 0.4) is 0 Å². The van der Waals surface area contributed by atoms with E-state index in [1.165, 1.54) is 6.33 Å². The van der Waals surface area contributed by atoms with Crippen molar-refractivity contribution >= 4 is 27.4 Å². The first kappa shape index (κ1) is 12.9. The normalized spacial score (nSPS) is 12.5. The van der Waals surface area contributed by atoms with Gasteiger partial charge in [-0.2, -0.15) is 5.10 Å². The smallest absolute Gasteiger partial charge is 0.184 e. The molecule has 0 saturated heterocycles. The number of aromatic nitrogens is 4. The van der Waals surface area contributed by atoms with Gasteiger partial charge in [-0.25, -0.2) is 9.50 Å². The molecular weight excluding hydrogens is 320 g/mol. The zero-order chi connectivity index (χ0) is 14.1. The first-order valence-electron chi connectivity index (χ1n) is 6.06. The van der Waals surface area contributed by atoms with Crippen LogP contribution in [0.15, 0.2) is 42.9 Å². The Hall–Kier alpha value is -2.08. The lowest BCUT2D eigenvalue weighted by Crippen LogP contribution is -2.10. The van der Waals surface area contributed by atoms with E-state index in [0.29, 0.717) is 16.9 Å². The summed E-state index contributed by atoms with van der Waals surface area (Å²) in [5.41, 5.74) is 2.86. The van der Waals surface area contributed by atoms with E-state index in [1.807, 2.05) is 25.1 Å². The molecule has 0 aliphatic rings. The van der Waals surface area contributed by atoms with E-state index in [4.69, 9.17) is 0 Å². The monoisotopic (exact) mass is 330 g/mol. The number of halogens is 1. The fourth-order valence-corrected chi connectivity index (χ4v) is 2.47. The van der Waals surface area contributed by atoms with E-state index in [0.717, 1.165) is 5.69 Å². The van der Waals surface area contributed by atoms with Crippen molar-refractivity contribution in [3.8, 4) is 0 Å². The van der Waals surface area contributed by atoms with Gasteiger partial charge in [-0.15, -0.1) is 0 Å². The fraction of sp³-hybridized carbons (Fsp3) is 0.143. The zero-order valence-corrected chi connectivity index (χ0v) is 12.3. The molecule has 3 heterocycles. The molecule has 0 bridgehead atoms. The number of nitrogens with zero attached hydrogens (tertiary/aromatic N) is 4. The van der Waals surface area contributed by atoms with Crippen LogP contribution >= 0.6 is 15.9 Å². The predicted octanol–water partition coefficient (Wildman–Crippen LogP) is 2.75. The number of carbonyl (C=O) groups excluding carboxylic acids is 1. The molecule has 5 nitrogen and oxygen atoms in total. The molecule has 1 unspecified atom stereocenters. The summed E-state index contributed by atoms with van der Waals surface area (Å²) in [5.74, 6) is -0.0551.